The van der Waals surface area contributed by atoms with Crippen molar-refractivity contribution in [1.82, 2.24) is 0 Å². The van der Waals surface area contributed by atoms with Crippen LogP contribution in [0.5, 0.6) is 0 Å². The Morgan fingerprint density at radius 1 is 1.23 bits per heavy atom. The number of halogens is 1. The molecule has 0 N–H and O–H groups in total. The minimum absolute atomic E-state index is 0.457. The van der Waals surface area contributed by atoms with Gasteiger partial charge in [0, 0.05) is 22.8 Å². The summed E-state index contributed by atoms with van der Waals surface area (Å²) in [6, 6.07) is 8.42. The van der Waals surface area contributed by atoms with E-state index in [1.807, 2.05) is 12.4 Å². The maximum atomic E-state index is 4.14. The van der Waals surface area contributed by atoms with Crippen LogP contribution in [-0.4, -0.2) is 6.21 Å². The first-order valence-corrected chi connectivity index (χ1v) is 5.09. The molecule has 1 heterocycles. The van der Waals surface area contributed by atoms with Gasteiger partial charge >= 0.3 is 0 Å². The van der Waals surface area contributed by atoms with E-state index in [4.69, 9.17) is 0 Å². The Bertz CT molecular complexity index is 338. The van der Waals surface area contributed by atoms with E-state index >= 15 is 0 Å². The summed E-state index contributed by atoms with van der Waals surface area (Å²) < 4.78 is 1.12. The van der Waals surface area contributed by atoms with E-state index in [9.17, 15) is 0 Å². The quantitative estimate of drug-likeness (QED) is 0.707. The van der Waals surface area contributed by atoms with E-state index in [0.29, 0.717) is 5.92 Å². The second-order valence-electron chi connectivity index (χ2n) is 3.08. The fraction of sp³-hybridized carbons (Fsp3) is 0.182. The maximum Gasteiger partial charge on any atom is 0.0228 e. The monoisotopic (exact) mass is 235 g/mol. The normalized spacial score (nSPS) is 20.5. The van der Waals surface area contributed by atoms with Crippen molar-refractivity contribution >= 4 is 22.1 Å². The lowest BCUT2D eigenvalue weighted by atomic mass is 9.96. The highest BCUT2D eigenvalue weighted by molar-refractivity contribution is 9.10. The predicted octanol–water partition coefficient (Wildman–Crippen LogP) is 3.52. The van der Waals surface area contributed by atoms with Gasteiger partial charge in [0.25, 0.3) is 0 Å². The van der Waals surface area contributed by atoms with Crippen molar-refractivity contribution in [3.05, 3.63) is 46.6 Å². The van der Waals surface area contributed by atoms with Crippen LogP contribution in [0.4, 0.5) is 0 Å². The van der Waals surface area contributed by atoms with Gasteiger partial charge < -0.3 is 0 Å². The average Bonchev–Trinajstić information content (AvgIpc) is 2.20. The number of hydrogen-bond acceptors (Lipinski definition) is 1. The first-order valence-electron chi connectivity index (χ1n) is 4.30. The van der Waals surface area contributed by atoms with Crippen molar-refractivity contribution in [1.29, 1.82) is 0 Å². The molecule has 1 aromatic carbocycles. The number of rotatable bonds is 1. The summed E-state index contributed by atoms with van der Waals surface area (Å²) in [5.74, 6) is 0.457. The van der Waals surface area contributed by atoms with Gasteiger partial charge in [0.2, 0.25) is 0 Å². The van der Waals surface area contributed by atoms with Gasteiger partial charge in [-0.3, -0.25) is 4.99 Å². The highest BCUT2D eigenvalue weighted by Crippen LogP contribution is 2.22. The highest BCUT2D eigenvalue weighted by atomic mass is 79.9. The zero-order valence-electron chi connectivity index (χ0n) is 7.15. The average molecular weight is 236 g/mol. The predicted molar refractivity (Wildman–Crippen MR) is 59.1 cm³/mol. The Labute approximate surface area is 86.3 Å². The lowest BCUT2D eigenvalue weighted by Gasteiger charge is -2.11. The van der Waals surface area contributed by atoms with E-state index in [1.165, 1.54) is 5.56 Å². The van der Waals surface area contributed by atoms with Gasteiger partial charge in [0.05, 0.1) is 0 Å². The molecule has 1 aromatic rings. The summed E-state index contributed by atoms with van der Waals surface area (Å²) in [5, 5.41) is 0. The van der Waals surface area contributed by atoms with Crippen LogP contribution in [-0.2, 0) is 0 Å². The standard InChI is InChI=1S/C11H10BrN/c12-11-5-3-9(4-6-11)10-2-1-7-13-8-10/h1,3-8,10H,2H2. The van der Waals surface area contributed by atoms with Crippen LogP contribution >= 0.6 is 15.9 Å². The third-order valence-corrected chi connectivity index (χ3v) is 2.67. The molecule has 1 aliphatic heterocycles. The molecule has 2 rings (SSSR count). The van der Waals surface area contributed by atoms with Crippen LogP contribution in [0, 0.1) is 0 Å². The summed E-state index contributed by atoms with van der Waals surface area (Å²) in [6.45, 7) is 0. The SMILES string of the molecule is Brc1ccc(C2C=NC=CC2)cc1. The topological polar surface area (TPSA) is 12.4 Å². The number of hydrogen-bond donors (Lipinski definition) is 0. The van der Waals surface area contributed by atoms with E-state index in [2.05, 4.69) is 51.3 Å². The largest absolute Gasteiger partial charge is 0.269 e. The molecule has 13 heavy (non-hydrogen) atoms. The smallest absolute Gasteiger partial charge is 0.0228 e. The fourth-order valence-corrected chi connectivity index (χ4v) is 1.68. The molecular formula is C11H10BrN. The van der Waals surface area contributed by atoms with Gasteiger partial charge in [0.1, 0.15) is 0 Å². The lowest BCUT2D eigenvalue weighted by Crippen LogP contribution is -2.00. The number of nitrogens with zero attached hydrogens (tertiary/aromatic N) is 1. The summed E-state index contributed by atoms with van der Waals surface area (Å²) >= 11 is 3.42. The number of allylic oxidation sites excluding steroid dienone is 1. The molecule has 0 saturated heterocycles. The minimum Gasteiger partial charge on any atom is -0.269 e. The van der Waals surface area contributed by atoms with E-state index < -0.39 is 0 Å². The van der Waals surface area contributed by atoms with Crippen molar-refractivity contribution in [2.45, 2.75) is 12.3 Å². The fourth-order valence-electron chi connectivity index (χ4n) is 1.41. The molecule has 0 aliphatic carbocycles. The Hall–Kier alpha value is -0.890. The molecule has 0 bridgehead atoms. The van der Waals surface area contributed by atoms with E-state index in [0.717, 1.165) is 10.9 Å². The zero-order valence-corrected chi connectivity index (χ0v) is 8.74. The van der Waals surface area contributed by atoms with Crippen LogP contribution in [0.2, 0.25) is 0 Å². The lowest BCUT2D eigenvalue weighted by molar-refractivity contribution is 0.909. The van der Waals surface area contributed by atoms with Gasteiger partial charge in [-0.2, -0.15) is 0 Å². The van der Waals surface area contributed by atoms with E-state index in [-0.39, 0.29) is 0 Å². The van der Waals surface area contributed by atoms with Crippen molar-refractivity contribution in [2.24, 2.45) is 4.99 Å². The van der Waals surface area contributed by atoms with Crippen LogP contribution in [0.15, 0.2) is 46.0 Å². The molecule has 0 fully saturated rings. The van der Waals surface area contributed by atoms with Crippen molar-refractivity contribution in [3.63, 3.8) is 0 Å². The van der Waals surface area contributed by atoms with Gasteiger partial charge in [-0.25, -0.2) is 0 Å². The second kappa shape index (κ2) is 3.88. The summed E-state index contributed by atoms with van der Waals surface area (Å²) in [6.07, 6.45) is 7.02. The molecule has 0 spiro atoms. The van der Waals surface area contributed by atoms with Crippen molar-refractivity contribution in [2.75, 3.05) is 0 Å². The molecule has 1 nitrogen and oxygen atoms in total. The first-order chi connectivity index (χ1) is 6.36. The Balaban J connectivity index is 2.21. The zero-order chi connectivity index (χ0) is 9.10. The molecule has 2 heteroatoms. The molecule has 0 amide bonds. The van der Waals surface area contributed by atoms with Gasteiger partial charge in [0.15, 0.2) is 0 Å². The first kappa shape index (κ1) is 8.70. The number of aliphatic imine (C=N–C) groups is 1. The Morgan fingerprint density at radius 3 is 2.62 bits per heavy atom. The van der Waals surface area contributed by atoms with Crippen molar-refractivity contribution in [3.8, 4) is 0 Å². The molecule has 1 unspecified atom stereocenters. The van der Waals surface area contributed by atoms with E-state index in [1.54, 1.807) is 0 Å². The van der Waals surface area contributed by atoms with Gasteiger partial charge in [-0.15, -0.1) is 0 Å². The second-order valence-corrected chi connectivity index (χ2v) is 3.99. The summed E-state index contributed by atoms with van der Waals surface area (Å²) in [4.78, 5) is 4.14. The molecule has 0 radical (unpaired) electrons. The molecule has 0 aromatic heterocycles. The Kier molecular flexibility index (Phi) is 2.60. The van der Waals surface area contributed by atoms with Crippen molar-refractivity contribution < 1.29 is 0 Å². The maximum absolute atomic E-state index is 4.14. The number of benzene rings is 1. The highest BCUT2D eigenvalue weighted by Gasteiger charge is 2.08. The van der Waals surface area contributed by atoms with Crippen LogP contribution in [0.25, 0.3) is 0 Å². The molecule has 0 saturated carbocycles. The molecule has 1 aliphatic rings. The minimum atomic E-state index is 0.457. The molecule has 1 atom stereocenters. The van der Waals surface area contributed by atoms with Gasteiger partial charge in [-0.1, -0.05) is 34.1 Å². The molecule has 66 valence electrons. The van der Waals surface area contributed by atoms with Crippen LogP contribution < -0.4 is 0 Å². The summed E-state index contributed by atoms with van der Waals surface area (Å²) in [5.41, 5.74) is 1.33. The summed E-state index contributed by atoms with van der Waals surface area (Å²) in [7, 11) is 0. The van der Waals surface area contributed by atoms with Gasteiger partial charge in [-0.05, 0) is 24.1 Å². The Morgan fingerprint density at radius 2 is 2.00 bits per heavy atom. The third-order valence-electron chi connectivity index (χ3n) is 2.15. The molecular weight excluding hydrogens is 226 g/mol. The van der Waals surface area contributed by atoms with Crippen LogP contribution in [0.1, 0.15) is 17.9 Å². The third kappa shape index (κ3) is 2.07. The van der Waals surface area contributed by atoms with Crippen LogP contribution in [0.3, 0.4) is 0 Å².